The number of Topliss-reactive ketones (excluding diaryl/α,β-unsaturated/α-hetero) is 1. The molecule has 2 saturated heterocycles. The van der Waals surface area contributed by atoms with E-state index in [9.17, 15) is 19.8 Å². The van der Waals surface area contributed by atoms with Crippen LogP contribution >= 0.6 is 0 Å². The molecule has 2 aliphatic rings. The number of likely N-dealkylation sites (tertiary alicyclic amines) is 1. The normalized spacial score (nSPS) is 30.0. The minimum atomic E-state index is -1.09. The van der Waals surface area contributed by atoms with Crippen molar-refractivity contribution in [3.63, 3.8) is 0 Å². The largest absolute Gasteiger partial charge is 0.449 e. The number of aliphatic hydroxyl groups excluding tert-OH is 3. The number of rotatable bonds is 6. The van der Waals surface area contributed by atoms with Crippen LogP contribution < -0.4 is 0 Å². The Morgan fingerprint density at radius 2 is 1.76 bits per heavy atom. The Labute approximate surface area is 148 Å². The summed E-state index contributed by atoms with van der Waals surface area (Å²) in [6.07, 6.45) is -1.60. The van der Waals surface area contributed by atoms with Crippen molar-refractivity contribution in [2.75, 3.05) is 26.3 Å². The third-order valence-corrected chi connectivity index (χ3v) is 4.83. The number of piperidine rings is 1. The lowest BCUT2D eigenvalue weighted by molar-refractivity contribution is -0.122. The fraction of sp³-hybridized carbons (Fsp3) is 0.882. The average Bonchev–Trinajstić information content (AvgIpc) is 2.86. The van der Waals surface area contributed by atoms with E-state index in [1.807, 2.05) is 0 Å². The molecule has 2 rings (SSSR count). The molecule has 0 saturated carbocycles. The lowest BCUT2D eigenvalue weighted by atomic mass is 9.94. The highest BCUT2D eigenvalue weighted by molar-refractivity contribution is 5.78. The molecule has 2 heterocycles. The van der Waals surface area contributed by atoms with Crippen molar-refractivity contribution in [2.24, 2.45) is 5.92 Å². The Hall–Kier alpha value is -1.22. The number of amides is 1. The van der Waals surface area contributed by atoms with Crippen molar-refractivity contribution < 1.29 is 34.4 Å². The smallest absolute Gasteiger partial charge is 0.409 e. The number of ketones is 1. The van der Waals surface area contributed by atoms with Gasteiger partial charge < -0.3 is 29.7 Å². The molecule has 0 aromatic heterocycles. The second kappa shape index (κ2) is 10.1. The van der Waals surface area contributed by atoms with Crippen LogP contribution in [0.4, 0.5) is 4.79 Å². The van der Waals surface area contributed by atoms with Gasteiger partial charge in [-0.25, -0.2) is 4.79 Å². The van der Waals surface area contributed by atoms with Gasteiger partial charge in [-0.2, -0.15) is 0 Å². The fourth-order valence-electron chi connectivity index (χ4n) is 3.22. The molecule has 0 aromatic carbocycles. The van der Waals surface area contributed by atoms with Gasteiger partial charge >= 0.3 is 6.09 Å². The Kier molecular flexibility index (Phi) is 8.78. The first-order chi connectivity index (χ1) is 11.4. The third-order valence-electron chi connectivity index (χ3n) is 4.83. The van der Waals surface area contributed by atoms with Crippen LogP contribution in [0.1, 0.15) is 40.0 Å². The number of carbonyl (C=O) groups is 2. The number of nitrogens with zero attached hydrogens (tertiary/aromatic N) is 1. The molecule has 4 atom stereocenters. The summed E-state index contributed by atoms with van der Waals surface area (Å²) in [6, 6.07) is 0. The molecular formula is C17H31NO7. The molecule has 8 heteroatoms. The monoisotopic (exact) mass is 361 g/mol. The van der Waals surface area contributed by atoms with Crippen molar-refractivity contribution in [1.29, 1.82) is 0 Å². The van der Waals surface area contributed by atoms with Crippen LogP contribution in [0.2, 0.25) is 0 Å². The average molecular weight is 361 g/mol. The van der Waals surface area contributed by atoms with E-state index >= 15 is 0 Å². The first-order valence-electron chi connectivity index (χ1n) is 8.48. The Balaban J connectivity index is 0.00000312. The zero-order valence-corrected chi connectivity index (χ0v) is 14.0. The molecule has 2 fully saturated rings. The van der Waals surface area contributed by atoms with Gasteiger partial charge in [0.05, 0.1) is 19.3 Å². The van der Waals surface area contributed by atoms with Crippen LogP contribution in [0.3, 0.4) is 0 Å². The summed E-state index contributed by atoms with van der Waals surface area (Å²) in [5.74, 6) is 0.211. The summed E-state index contributed by atoms with van der Waals surface area (Å²) in [7, 11) is 0. The molecule has 0 radical (unpaired) electrons. The summed E-state index contributed by atoms with van der Waals surface area (Å²) in [5, 5.41) is 28.5. The van der Waals surface area contributed by atoms with Gasteiger partial charge in [0.1, 0.15) is 24.1 Å². The molecule has 0 spiro atoms. The maximum atomic E-state index is 12.0. The fourth-order valence-corrected chi connectivity index (χ4v) is 3.22. The quantitative estimate of drug-likeness (QED) is 0.583. The third kappa shape index (κ3) is 5.64. The highest BCUT2D eigenvalue weighted by Gasteiger charge is 2.41. The van der Waals surface area contributed by atoms with E-state index < -0.39 is 30.5 Å². The van der Waals surface area contributed by atoms with Crippen LogP contribution in [0.25, 0.3) is 0 Å². The lowest BCUT2D eigenvalue weighted by Gasteiger charge is -2.30. The van der Waals surface area contributed by atoms with Crippen molar-refractivity contribution in [3.05, 3.63) is 0 Å². The molecule has 146 valence electrons. The SMILES string of the molecule is C.CC(=O)C1CCN(C(=O)OCCCC2OC(CO)C(O)C2O)CC1. The van der Waals surface area contributed by atoms with Crippen LogP contribution in [-0.4, -0.2) is 82.8 Å². The number of hydrogen-bond donors (Lipinski definition) is 3. The van der Waals surface area contributed by atoms with Gasteiger partial charge in [0.2, 0.25) is 0 Å². The molecule has 8 nitrogen and oxygen atoms in total. The predicted molar refractivity (Wildman–Crippen MR) is 90.1 cm³/mol. The number of carbonyl (C=O) groups excluding carboxylic acids is 2. The van der Waals surface area contributed by atoms with Crippen LogP contribution in [0.5, 0.6) is 0 Å². The van der Waals surface area contributed by atoms with E-state index in [0.29, 0.717) is 38.8 Å². The molecule has 0 aromatic rings. The molecule has 25 heavy (non-hydrogen) atoms. The highest BCUT2D eigenvalue weighted by atomic mass is 16.6. The maximum absolute atomic E-state index is 12.0. The Morgan fingerprint density at radius 3 is 2.28 bits per heavy atom. The van der Waals surface area contributed by atoms with E-state index in [4.69, 9.17) is 14.6 Å². The lowest BCUT2D eigenvalue weighted by Crippen LogP contribution is -2.40. The molecule has 4 unspecified atom stereocenters. The molecule has 3 N–H and O–H groups in total. The van der Waals surface area contributed by atoms with Crippen LogP contribution in [0, 0.1) is 5.92 Å². The highest BCUT2D eigenvalue weighted by Crippen LogP contribution is 2.24. The Morgan fingerprint density at radius 1 is 1.16 bits per heavy atom. The van der Waals surface area contributed by atoms with Gasteiger partial charge in [-0.3, -0.25) is 4.79 Å². The maximum Gasteiger partial charge on any atom is 0.409 e. The van der Waals surface area contributed by atoms with E-state index in [2.05, 4.69) is 0 Å². The Bertz CT molecular complexity index is 437. The van der Waals surface area contributed by atoms with Crippen LogP contribution in [0.15, 0.2) is 0 Å². The van der Waals surface area contributed by atoms with Gasteiger partial charge in [-0.15, -0.1) is 0 Å². The molecule has 0 bridgehead atoms. The zero-order chi connectivity index (χ0) is 17.7. The first-order valence-corrected chi connectivity index (χ1v) is 8.48. The van der Waals surface area contributed by atoms with E-state index in [0.717, 1.165) is 0 Å². The summed E-state index contributed by atoms with van der Waals surface area (Å²) in [5.41, 5.74) is 0. The summed E-state index contributed by atoms with van der Waals surface area (Å²) < 4.78 is 10.6. The van der Waals surface area contributed by atoms with Gasteiger partial charge in [0.25, 0.3) is 0 Å². The number of ether oxygens (including phenoxy) is 2. The zero-order valence-electron chi connectivity index (χ0n) is 14.0. The van der Waals surface area contributed by atoms with Gasteiger partial charge in [-0.05, 0) is 32.6 Å². The van der Waals surface area contributed by atoms with Gasteiger partial charge in [0.15, 0.2) is 0 Å². The molecule has 1 amide bonds. The van der Waals surface area contributed by atoms with Crippen molar-refractivity contribution in [2.45, 2.75) is 64.4 Å². The predicted octanol–water partition coefficient (Wildman–Crippen LogP) is 0.322. The minimum Gasteiger partial charge on any atom is -0.449 e. The summed E-state index contributed by atoms with van der Waals surface area (Å²) >= 11 is 0. The second-order valence-electron chi connectivity index (χ2n) is 6.51. The molecule has 2 aliphatic heterocycles. The van der Waals surface area contributed by atoms with Gasteiger partial charge in [0, 0.05) is 19.0 Å². The van der Waals surface area contributed by atoms with Crippen molar-refractivity contribution in [1.82, 2.24) is 4.90 Å². The first kappa shape index (κ1) is 21.8. The van der Waals surface area contributed by atoms with Crippen molar-refractivity contribution >= 4 is 11.9 Å². The van der Waals surface area contributed by atoms with E-state index in [1.165, 1.54) is 0 Å². The topological polar surface area (TPSA) is 117 Å². The summed E-state index contributed by atoms with van der Waals surface area (Å²) in [4.78, 5) is 24.9. The second-order valence-corrected chi connectivity index (χ2v) is 6.51. The van der Waals surface area contributed by atoms with E-state index in [-0.39, 0.29) is 32.3 Å². The molecule has 0 aliphatic carbocycles. The molecular weight excluding hydrogens is 330 g/mol. The van der Waals surface area contributed by atoms with Crippen LogP contribution in [-0.2, 0) is 14.3 Å². The number of hydrogen-bond acceptors (Lipinski definition) is 7. The number of aliphatic hydroxyl groups is 3. The van der Waals surface area contributed by atoms with Crippen molar-refractivity contribution in [3.8, 4) is 0 Å². The van der Waals surface area contributed by atoms with E-state index in [1.54, 1.807) is 11.8 Å². The summed E-state index contributed by atoms with van der Waals surface area (Å²) in [6.45, 7) is 2.48. The standard InChI is InChI=1S/C16H27NO7.CH4/c1-10(19)11-4-6-17(7-5-11)16(22)23-8-2-3-12-14(20)15(21)13(9-18)24-12;/h11-15,18,20-21H,2-9H2,1H3;1H4. The van der Waals surface area contributed by atoms with Gasteiger partial charge in [-0.1, -0.05) is 7.43 Å². The minimum absolute atomic E-state index is 0.